The Bertz CT molecular complexity index is 339. The highest BCUT2D eigenvalue weighted by molar-refractivity contribution is 5.12. The average molecular weight is 351 g/mol. The number of quaternary nitrogens is 1. The summed E-state index contributed by atoms with van der Waals surface area (Å²) in [6.07, 6.45) is 11.1. The molecule has 25 heavy (non-hydrogen) atoms. The van der Waals surface area contributed by atoms with Gasteiger partial charge in [0.05, 0.1) is 32.8 Å². The zero-order valence-electron chi connectivity index (χ0n) is 17.5. The Morgan fingerprint density at radius 1 is 0.640 bits per heavy atom. The van der Waals surface area contributed by atoms with Crippen LogP contribution in [0.4, 0.5) is 0 Å². The van der Waals surface area contributed by atoms with Crippen molar-refractivity contribution in [3.05, 3.63) is 35.9 Å². The molecular weight excluding hydrogens is 306 g/mol. The summed E-state index contributed by atoms with van der Waals surface area (Å²) in [5.41, 5.74) is 0.965. The monoisotopic (exact) mass is 350 g/mol. The topological polar surface area (TPSA) is 20.2 Å². The van der Waals surface area contributed by atoms with Crippen molar-refractivity contribution in [3.63, 3.8) is 0 Å². The molecular formula is C23H44NO+. The van der Waals surface area contributed by atoms with Crippen molar-refractivity contribution in [2.45, 2.75) is 85.7 Å². The van der Waals surface area contributed by atoms with Crippen LogP contribution in [0.15, 0.2) is 30.3 Å². The molecule has 0 fully saturated rings. The van der Waals surface area contributed by atoms with E-state index in [2.05, 4.69) is 27.7 Å². The van der Waals surface area contributed by atoms with Crippen LogP contribution in [0.3, 0.4) is 0 Å². The fourth-order valence-electron chi connectivity index (χ4n) is 3.23. The van der Waals surface area contributed by atoms with E-state index in [0.29, 0.717) is 0 Å². The van der Waals surface area contributed by atoms with E-state index in [1.54, 1.807) is 0 Å². The molecule has 0 saturated heterocycles. The van der Waals surface area contributed by atoms with Crippen molar-refractivity contribution in [2.75, 3.05) is 26.2 Å². The first-order valence-corrected chi connectivity index (χ1v) is 10.7. The normalized spacial score (nSPS) is 11.1. The van der Waals surface area contributed by atoms with E-state index < -0.39 is 0 Å². The van der Waals surface area contributed by atoms with Crippen molar-refractivity contribution in [1.82, 2.24) is 0 Å². The minimum atomic E-state index is 0.140. The van der Waals surface area contributed by atoms with Gasteiger partial charge in [0, 0.05) is 0 Å². The zero-order valence-corrected chi connectivity index (χ0v) is 17.5. The summed E-state index contributed by atoms with van der Waals surface area (Å²) in [6, 6.07) is 9.52. The molecule has 0 radical (unpaired) electrons. The lowest BCUT2D eigenvalue weighted by atomic mass is 10.1. The number of benzene rings is 1. The molecule has 0 unspecified atom stereocenters. The second-order valence-corrected chi connectivity index (χ2v) is 7.29. The summed E-state index contributed by atoms with van der Waals surface area (Å²) < 4.78 is 1.42. The van der Waals surface area contributed by atoms with Gasteiger partial charge in [0.1, 0.15) is 0 Å². The maximum Gasteiger partial charge on any atom is 0.0786 e. The lowest BCUT2D eigenvalue weighted by molar-refractivity contribution is -0.929. The van der Waals surface area contributed by atoms with Gasteiger partial charge < -0.3 is 9.59 Å². The molecule has 2 nitrogen and oxygen atoms in total. The third-order valence-corrected chi connectivity index (χ3v) is 4.97. The van der Waals surface area contributed by atoms with Crippen molar-refractivity contribution < 1.29 is 9.59 Å². The number of unbranched alkanes of at least 4 members (excludes halogenated alkanes) is 4. The van der Waals surface area contributed by atoms with Crippen LogP contribution in [0, 0.1) is 0 Å². The molecule has 1 aromatic rings. The molecule has 0 aromatic heterocycles. The Morgan fingerprint density at radius 2 is 1.00 bits per heavy atom. The van der Waals surface area contributed by atoms with Gasteiger partial charge in [0.25, 0.3) is 0 Å². The summed E-state index contributed by atoms with van der Waals surface area (Å²) in [4.78, 5) is 0. The maximum absolute atomic E-state index is 8.54. The molecule has 1 N–H and O–H groups in total. The average Bonchev–Trinajstić information content (AvgIpc) is 2.68. The van der Waals surface area contributed by atoms with Crippen LogP contribution in [0.2, 0.25) is 0 Å². The third-order valence-electron chi connectivity index (χ3n) is 4.97. The Kier molecular flexibility index (Phi) is 16.0. The van der Waals surface area contributed by atoms with E-state index in [9.17, 15) is 0 Å². The first-order chi connectivity index (χ1) is 12.2. The smallest absolute Gasteiger partial charge is 0.0786 e. The van der Waals surface area contributed by atoms with Gasteiger partial charge in [-0.05, 0) is 31.2 Å². The Labute approximate surface area is 157 Å². The summed E-state index contributed by atoms with van der Waals surface area (Å²) in [5, 5.41) is 8.54. The van der Waals surface area contributed by atoms with Gasteiger partial charge in [-0.3, -0.25) is 0 Å². The minimum absolute atomic E-state index is 0.140. The van der Waals surface area contributed by atoms with Gasteiger partial charge >= 0.3 is 0 Å². The fourth-order valence-corrected chi connectivity index (χ4v) is 3.23. The minimum Gasteiger partial charge on any atom is -0.392 e. The fraction of sp³-hybridized carbons (Fsp3) is 0.739. The zero-order chi connectivity index (χ0) is 18.8. The van der Waals surface area contributed by atoms with Crippen LogP contribution in [-0.4, -0.2) is 35.8 Å². The lowest BCUT2D eigenvalue weighted by Gasteiger charge is -2.39. The van der Waals surface area contributed by atoms with Crippen LogP contribution in [0.5, 0.6) is 0 Å². The van der Waals surface area contributed by atoms with Gasteiger partial charge in [-0.2, -0.15) is 0 Å². The van der Waals surface area contributed by atoms with Crippen LogP contribution < -0.4 is 0 Å². The number of nitrogens with zero attached hydrogens (tertiary/aromatic N) is 1. The predicted molar refractivity (Wildman–Crippen MR) is 112 cm³/mol. The van der Waals surface area contributed by atoms with Crippen LogP contribution >= 0.6 is 0 Å². The van der Waals surface area contributed by atoms with Gasteiger partial charge in [-0.25, -0.2) is 0 Å². The number of aliphatic hydroxyl groups is 1. The standard InChI is InChI=1S/C16H36N.C7H8O/c1-5-9-13-17(14-10-6-2,15-11-7-3)16-12-8-4;8-6-7-4-2-1-3-5-7/h5-16H2,1-4H3;1-5,8H,6H2/q+1;. The number of hydrogen-bond acceptors (Lipinski definition) is 1. The number of hydrogen-bond donors (Lipinski definition) is 1. The molecule has 0 saturated carbocycles. The number of aliphatic hydroxyl groups excluding tert-OH is 1. The molecule has 0 aliphatic carbocycles. The molecule has 146 valence electrons. The van der Waals surface area contributed by atoms with Gasteiger partial charge in [0.2, 0.25) is 0 Å². The van der Waals surface area contributed by atoms with Crippen molar-refractivity contribution in [1.29, 1.82) is 0 Å². The van der Waals surface area contributed by atoms with Crippen molar-refractivity contribution in [2.24, 2.45) is 0 Å². The number of rotatable bonds is 13. The molecule has 0 atom stereocenters. The highest BCUT2D eigenvalue weighted by Crippen LogP contribution is 2.16. The predicted octanol–water partition coefficient (Wildman–Crippen LogP) is 6.18. The molecule has 0 spiro atoms. The second-order valence-electron chi connectivity index (χ2n) is 7.29. The van der Waals surface area contributed by atoms with Gasteiger partial charge in [-0.15, -0.1) is 0 Å². The summed E-state index contributed by atoms with van der Waals surface area (Å²) in [5.74, 6) is 0. The van der Waals surface area contributed by atoms with Crippen LogP contribution in [0.25, 0.3) is 0 Å². The molecule has 1 rings (SSSR count). The Balaban J connectivity index is 0.000000593. The van der Waals surface area contributed by atoms with E-state index in [1.807, 2.05) is 30.3 Å². The first-order valence-electron chi connectivity index (χ1n) is 10.7. The lowest BCUT2D eigenvalue weighted by Crippen LogP contribution is -2.50. The maximum atomic E-state index is 8.54. The summed E-state index contributed by atoms with van der Waals surface area (Å²) >= 11 is 0. The molecule has 0 heterocycles. The van der Waals surface area contributed by atoms with Gasteiger partial charge in [0.15, 0.2) is 0 Å². The van der Waals surface area contributed by atoms with E-state index in [-0.39, 0.29) is 6.61 Å². The molecule has 0 amide bonds. The molecule has 2 heteroatoms. The largest absolute Gasteiger partial charge is 0.392 e. The van der Waals surface area contributed by atoms with E-state index >= 15 is 0 Å². The first kappa shape index (κ1) is 24.1. The third kappa shape index (κ3) is 12.2. The van der Waals surface area contributed by atoms with Crippen molar-refractivity contribution in [3.8, 4) is 0 Å². The molecule has 0 aliphatic rings. The Hall–Kier alpha value is -0.860. The Morgan fingerprint density at radius 3 is 1.24 bits per heavy atom. The summed E-state index contributed by atoms with van der Waals surface area (Å²) in [6.45, 7) is 15.2. The molecule has 0 bridgehead atoms. The van der Waals surface area contributed by atoms with Crippen LogP contribution in [0.1, 0.15) is 84.6 Å². The van der Waals surface area contributed by atoms with Gasteiger partial charge in [-0.1, -0.05) is 83.7 Å². The molecule has 0 aliphatic heterocycles. The summed E-state index contributed by atoms with van der Waals surface area (Å²) in [7, 11) is 0. The van der Waals surface area contributed by atoms with E-state index in [1.165, 1.54) is 82.0 Å². The molecule has 1 aromatic carbocycles. The highest BCUT2D eigenvalue weighted by Gasteiger charge is 2.24. The van der Waals surface area contributed by atoms with E-state index in [0.717, 1.165) is 5.56 Å². The van der Waals surface area contributed by atoms with E-state index in [4.69, 9.17) is 5.11 Å². The quantitative estimate of drug-likeness (QED) is 0.421. The second kappa shape index (κ2) is 16.6. The van der Waals surface area contributed by atoms with Crippen molar-refractivity contribution >= 4 is 0 Å². The highest BCUT2D eigenvalue weighted by atomic mass is 16.3. The van der Waals surface area contributed by atoms with Crippen LogP contribution in [-0.2, 0) is 6.61 Å². The SMILES string of the molecule is CCCC[N+](CCCC)(CCCC)CCCC.OCc1ccccc1.